The van der Waals surface area contributed by atoms with Crippen molar-refractivity contribution < 1.29 is 24.6 Å². The van der Waals surface area contributed by atoms with E-state index in [-0.39, 0.29) is 24.1 Å². The maximum atomic E-state index is 11.8. The number of hydrogen-bond donors (Lipinski definition) is 3. The molecule has 1 rings (SSSR count). The molecule has 1 aromatic heterocycles. The van der Waals surface area contributed by atoms with Crippen LogP contribution < -0.4 is 5.32 Å². The van der Waals surface area contributed by atoms with Crippen LogP contribution in [0.3, 0.4) is 0 Å². The van der Waals surface area contributed by atoms with Crippen molar-refractivity contribution in [2.45, 2.75) is 32.2 Å². The highest BCUT2D eigenvalue weighted by molar-refractivity contribution is 7.08. The largest absolute Gasteiger partial charge is 0.481 e. The molecule has 1 heterocycles. The van der Waals surface area contributed by atoms with E-state index in [2.05, 4.69) is 14.9 Å². The van der Waals surface area contributed by atoms with E-state index in [9.17, 15) is 14.4 Å². The van der Waals surface area contributed by atoms with Crippen molar-refractivity contribution in [3.8, 4) is 0 Å². The Labute approximate surface area is 112 Å². The van der Waals surface area contributed by atoms with E-state index < -0.39 is 23.9 Å². The molecule has 0 aliphatic carbocycles. The lowest BCUT2D eigenvalue weighted by Gasteiger charge is -2.13. The molecule has 0 unspecified atom stereocenters. The Kier molecular flexibility index (Phi) is 5.37. The summed E-state index contributed by atoms with van der Waals surface area (Å²) in [7, 11) is 0. The molecule has 0 fully saturated rings. The first-order valence-electron chi connectivity index (χ1n) is 5.46. The van der Waals surface area contributed by atoms with E-state index in [1.54, 1.807) is 6.92 Å². The summed E-state index contributed by atoms with van der Waals surface area (Å²) in [6.45, 7) is 1.60. The van der Waals surface area contributed by atoms with Gasteiger partial charge in [0.15, 0.2) is 0 Å². The molecule has 0 radical (unpaired) electrons. The van der Waals surface area contributed by atoms with E-state index in [0.717, 1.165) is 11.5 Å². The lowest BCUT2D eigenvalue weighted by molar-refractivity contribution is -0.140. The van der Waals surface area contributed by atoms with Gasteiger partial charge in [-0.2, -0.15) is 0 Å². The molecule has 1 aromatic rings. The Bertz CT molecular complexity index is 487. The summed E-state index contributed by atoms with van der Waals surface area (Å²) >= 11 is 0.880. The van der Waals surface area contributed by atoms with Gasteiger partial charge in [0.05, 0.1) is 5.69 Å². The zero-order valence-electron chi connectivity index (χ0n) is 10.1. The number of aromatic nitrogens is 2. The van der Waals surface area contributed by atoms with Crippen molar-refractivity contribution in [2.75, 3.05) is 0 Å². The molecule has 3 N–H and O–H groups in total. The zero-order valence-corrected chi connectivity index (χ0v) is 10.9. The lowest BCUT2D eigenvalue weighted by atomic mass is 10.1. The number of aliphatic carboxylic acids is 2. The lowest BCUT2D eigenvalue weighted by Crippen LogP contribution is -2.40. The minimum Gasteiger partial charge on any atom is -0.481 e. The maximum absolute atomic E-state index is 11.8. The summed E-state index contributed by atoms with van der Waals surface area (Å²) in [4.78, 5) is 33.4. The number of carboxylic acids is 2. The van der Waals surface area contributed by atoms with Crippen LogP contribution >= 0.6 is 11.5 Å². The second-order valence-corrected chi connectivity index (χ2v) is 4.59. The van der Waals surface area contributed by atoms with Crippen molar-refractivity contribution in [2.24, 2.45) is 0 Å². The average molecular weight is 287 g/mol. The van der Waals surface area contributed by atoms with Gasteiger partial charge in [-0.05, 0) is 31.3 Å². The van der Waals surface area contributed by atoms with Gasteiger partial charge in [0.25, 0.3) is 5.91 Å². The minimum atomic E-state index is -1.20. The Morgan fingerprint density at radius 1 is 1.37 bits per heavy atom. The van der Waals surface area contributed by atoms with Gasteiger partial charge in [0.2, 0.25) is 0 Å². The number of aryl methyl sites for hydroxylation is 1. The Hall–Kier alpha value is -2.03. The summed E-state index contributed by atoms with van der Waals surface area (Å²) in [5, 5.41) is 23.4. The van der Waals surface area contributed by atoms with E-state index in [4.69, 9.17) is 10.2 Å². The predicted molar refractivity (Wildman–Crippen MR) is 65.0 cm³/mol. The first-order valence-corrected chi connectivity index (χ1v) is 6.23. The highest BCUT2D eigenvalue weighted by Crippen LogP contribution is 2.10. The second kappa shape index (κ2) is 6.78. The summed E-state index contributed by atoms with van der Waals surface area (Å²) in [5.74, 6) is -2.76. The van der Waals surface area contributed by atoms with Crippen LogP contribution in [0.15, 0.2) is 0 Å². The summed E-state index contributed by atoms with van der Waals surface area (Å²) in [6, 6.07) is -1.12. The average Bonchev–Trinajstić information content (AvgIpc) is 2.73. The van der Waals surface area contributed by atoms with E-state index in [1.807, 2.05) is 0 Å². The predicted octanol–water partition coefficient (Wildman–Crippen LogP) is 0.284. The van der Waals surface area contributed by atoms with Crippen molar-refractivity contribution in [3.05, 3.63) is 10.6 Å². The van der Waals surface area contributed by atoms with Crippen LogP contribution in [-0.2, 0) is 9.59 Å². The number of rotatable bonds is 7. The molecule has 1 amide bonds. The second-order valence-electron chi connectivity index (χ2n) is 3.84. The van der Waals surface area contributed by atoms with Crippen molar-refractivity contribution in [3.63, 3.8) is 0 Å². The van der Waals surface area contributed by atoms with Gasteiger partial charge in [-0.25, -0.2) is 4.79 Å². The van der Waals surface area contributed by atoms with Crippen LogP contribution in [0.2, 0.25) is 0 Å². The van der Waals surface area contributed by atoms with Crippen molar-refractivity contribution in [1.29, 1.82) is 0 Å². The number of amides is 1. The molecular formula is C10H13N3O5S. The molecule has 0 saturated heterocycles. The van der Waals surface area contributed by atoms with Crippen LogP contribution in [0.1, 0.15) is 34.6 Å². The molecule has 104 valence electrons. The number of carbonyl (C=O) groups is 3. The van der Waals surface area contributed by atoms with Crippen LogP contribution in [-0.4, -0.2) is 43.7 Å². The van der Waals surface area contributed by atoms with Gasteiger partial charge in [-0.15, -0.1) is 5.10 Å². The SMILES string of the molecule is Cc1nnsc1C(=O)N[C@H](CCCC(=O)O)C(=O)O. The fourth-order valence-corrected chi connectivity index (χ4v) is 1.94. The number of carboxylic acid groups (broad SMARTS) is 2. The third-order valence-corrected chi connectivity index (χ3v) is 3.17. The highest BCUT2D eigenvalue weighted by atomic mass is 32.1. The van der Waals surface area contributed by atoms with Gasteiger partial charge >= 0.3 is 11.9 Å². The molecule has 0 saturated carbocycles. The first kappa shape index (κ1) is 15.0. The summed E-state index contributed by atoms with van der Waals surface area (Å²) < 4.78 is 3.59. The third kappa shape index (κ3) is 4.62. The molecular weight excluding hydrogens is 274 g/mol. The van der Waals surface area contributed by atoms with Gasteiger partial charge in [-0.3, -0.25) is 9.59 Å². The third-order valence-electron chi connectivity index (χ3n) is 2.34. The number of hydrogen-bond acceptors (Lipinski definition) is 6. The minimum absolute atomic E-state index is 0.0542. The molecule has 0 spiro atoms. The van der Waals surface area contributed by atoms with Crippen LogP contribution in [0.4, 0.5) is 0 Å². The van der Waals surface area contributed by atoms with Crippen LogP contribution in [0.5, 0.6) is 0 Å². The Balaban J connectivity index is 2.59. The number of nitrogens with zero attached hydrogens (tertiary/aromatic N) is 2. The van der Waals surface area contributed by atoms with E-state index in [0.29, 0.717) is 5.69 Å². The van der Waals surface area contributed by atoms with E-state index in [1.165, 1.54) is 0 Å². The van der Waals surface area contributed by atoms with Gasteiger partial charge in [0.1, 0.15) is 10.9 Å². The van der Waals surface area contributed by atoms with Crippen molar-refractivity contribution >= 4 is 29.4 Å². The summed E-state index contributed by atoms with van der Waals surface area (Å²) in [6.07, 6.45) is 0.0892. The Morgan fingerprint density at radius 3 is 2.53 bits per heavy atom. The smallest absolute Gasteiger partial charge is 0.326 e. The zero-order chi connectivity index (χ0) is 14.4. The fourth-order valence-electron chi connectivity index (χ4n) is 1.38. The monoisotopic (exact) mass is 287 g/mol. The molecule has 1 atom stereocenters. The quantitative estimate of drug-likeness (QED) is 0.656. The topological polar surface area (TPSA) is 129 Å². The molecule has 0 aliphatic heterocycles. The molecule has 0 aromatic carbocycles. The summed E-state index contributed by atoms with van der Waals surface area (Å²) in [5.41, 5.74) is 0.428. The highest BCUT2D eigenvalue weighted by Gasteiger charge is 2.22. The van der Waals surface area contributed by atoms with Gasteiger partial charge in [0, 0.05) is 6.42 Å². The normalized spacial score (nSPS) is 11.8. The van der Waals surface area contributed by atoms with Gasteiger partial charge in [-0.1, -0.05) is 4.49 Å². The fraction of sp³-hybridized carbons (Fsp3) is 0.500. The van der Waals surface area contributed by atoms with Crippen molar-refractivity contribution in [1.82, 2.24) is 14.9 Å². The molecule has 0 bridgehead atoms. The van der Waals surface area contributed by atoms with Crippen LogP contribution in [0, 0.1) is 6.92 Å². The molecule has 0 aliphatic rings. The van der Waals surface area contributed by atoms with E-state index >= 15 is 0 Å². The maximum Gasteiger partial charge on any atom is 0.326 e. The number of carbonyl (C=O) groups excluding carboxylic acids is 1. The van der Waals surface area contributed by atoms with Crippen LogP contribution in [0.25, 0.3) is 0 Å². The Morgan fingerprint density at radius 2 is 2.05 bits per heavy atom. The molecule has 9 heteroatoms. The van der Waals surface area contributed by atoms with Gasteiger partial charge < -0.3 is 15.5 Å². The first-order chi connectivity index (χ1) is 8.91. The standard InChI is InChI=1S/C10H13N3O5S/c1-5-8(19-13-12-5)9(16)11-6(10(17)18)3-2-4-7(14)15/h6H,2-4H2,1H3,(H,11,16)(H,14,15)(H,17,18)/t6-/m1/s1. The molecule has 19 heavy (non-hydrogen) atoms. The number of nitrogens with one attached hydrogen (secondary N) is 1. The molecule has 8 nitrogen and oxygen atoms in total.